The van der Waals surface area contributed by atoms with E-state index in [-0.39, 0.29) is 11.5 Å². The van der Waals surface area contributed by atoms with E-state index in [1.54, 1.807) is 6.07 Å². The van der Waals surface area contributed by atoms with Crippen molar-refractivity contribution >= 4 is 15.8 Å². The molecule has 1 aliphatic rings. The molecule has 0 bridgehead atoms. The predicted molar refractivity (Wildman–Crippen MR) is 74.2 cm³/mol. The van der Waals surface area contributed by atoms with Gasteiger partial charge in [-0.25, -0.2) is 13.2 Å². The number of ether oxygens (including phenoxy) is 1. The highest BCUT2D eigenvalue weighted by molar-refractivity contribution is 7.90. The van der Waals surface area contributed by atoms with Gasteiger partial charge in [0.25, 0.3) is 0 Å². The second-order valence-electron chi connectivity index (χ2n) is 5.14. The first-order chi connectivity index (χ1) is 9.37. The number of carbonyl (C=O) groups is 1. The van der Waals surface area contributed by atoms with Crippen LogP contribution in [0.15, 0.2) is 24.3 Å². The average Bonchev–Trinajstić information content (AvgIpc) is 2.79. The molecule has 1 heterocycles. The Morgan fingerprint density at radius 3 is 2.65 bits per heavy atom. The van der Waals surface area contributed by atoms with Gasteiger partial charge in [0.15, 0.2) is 15.9 Å². The Hall–Kier alpha value is -1.40. The van der Waals surface area contributed by atoms with E-state index in [4.69, 9.17) is 9.84 Å². The van der Waals surface area contributed by atoms with Gasteiger partial charge in [-0.15, -0.1) is 0 Å². The van der Waals surface area contributed by atoms with E-state index in [9.17, 15) is 13.2 Å². The van der Waals surface area contributed by atoms with Crippen LogP contribution in [0.25, 0.3) is 0 Å². The Morgan fingerprint density at radius 1 is 1.35 bits per heavy atom. The minimum Gasteiger partial charge on any atom is -0.479 e. The predicted octanol–water partition coefficient (Wildman–Crippen LogP) is 1.54. The molecule has 0 saturated carbocycles. The van der Waals surface area contributed by atoms with Gasteiger partial charge in [-0.05, 0) is 30.9 Å². The van der Waals surface area contributed by atoms with Crippen molar-refractivity contribution in [3.63, 3.8) is 0 Å². The zero-order valence-electron chi connectivity index (χ0n) is 11.3. The van der Waals surface area contributed by atoms with Crippen molar-refractivity contribution in [1.82, 2.24) is 0 Å². The summed E-state index contributed by atoms with van der Waals surface area (Å²) in [6.07, 6.45) is -0.525. The summed E-state index contributed by atoms with van der Waals surface area (Å²) in [6, 6.07) is 7.34. The maximum atomic E-state index is 12.2. The van der Waals surface area contributed by atoms with Gasteiger partial charge in [0, 0.05) is 0 Å². The average molecular weight is 298 g/mol. The molecule has 2 unspecified atom stereocenters. The number of hydrogen-bond donors (Lipinski definition) is 1. The van der Waals surface area contributed by atoms with Crippen molar-refractivity contribution in [2.24, 2.45) is 0 Å². The molecule has 20 heavy (non-hydrogen) atoms. The van der Waals surface area contributed by atoms with Crippen molar-refractivity contribution in [3.05, 3.63) is 35.4 Å². The monoisotopic (exact) mass is 298 g/mol. The summed E-state index contributed by atoms with van der Waals surface area (Å²) in [5.41, 5.74) is 1.71. The fourth-order valence-corrected chi connectivity index (χ4v) is 4.09. The van der Waals surface area contributed by atoms with Crippen LogP contribution in [0.4, 0.5) is 0 Å². The van der Waals surface area contributed by atoms with Crippen molar-refractivity contribution in [2.75, 3.05) is 5.75 Å². The molecule has 1 saturated heterocycles. The maximum Gasteiger partial charge on any atom is 0.332 e. The first-order valence-corrected chi connectivity index (χ1v) is 8.33. The quantitative estimate of drug-likeness (QED) is 0.892. The van der Waals surface area contributed by atoms with E-state index in [2.05, 4.69) is 0 Å². The van der Waals surface area contributed by atoms with Crippen LogP contribution in [0.2, 0.25) is 0 Å². The molecule has 1 aliphatic heterocycles. The highest BCUT2D eigenvalue weighted by Gasteiger charge is 2.33. The molecule has 0 spiro atoms. The molecule has 1 fully saturated rings. The molecule has 0 aromatic heterocycles. The van der Waals surface area contributed by atoms with Crippen LogP contribution in [0.5, 0.6) is 0 Å². The molecule has 1 aromatic rings. The third-order valence-corrected chi connectivity index (χ3v) is 5.09. The third-order valence-electron chi connectivity index (χ3n) is 3.46. The minimum atomic E-state index is -3.31. The van der Waals surface area contributed by atoms with Crippen molar-refractivity contribution in [3.8, 4) is 0 Å². The minimum absolute atomic E-state index is 0.0305. The maximum absolute atomic E-state index is 12.2. The molecule has 110 valence electrons. The highest BCUT2D eigenvalue weighted by atomic mass is 32.2. The van der Waals surface area contributed by atoms with Gasteiger partial charge in [-0.1, -0.05) is 24.3 Å². The van der Waals surface area contributed by atoms with Crippen LogP contribution in [0.3, 0.4) is 0 Å². The lowest BCUT2D eigenvalue weighted by atomic mass is 10.1. The summed E-state index contributed by atoms with van der Waals surface area (Å²) in [5.74, 6) is -1.17. The van der Waals surface area contributed by atoms with E-state index in [0.717, 1.165) is 11.1 Å². The van der Waals surface area contributed by atoms with Crippen LogP contribution >= 0.6 is 0 Å². The summed E-state index contributed by atoms with van der Waals surface area (Å²) >= 11 is 0. The van der Waals surface area contributed by atoms with Gasteiger partial charge >= 0.3 is 5.97 Å². The standard InChI is InChI=1S/C14H18O5S/c1-10-4-2-3-5-11(10)8-20(17,18)9-12-6-7-13(19-12)14(15)16/h2-5,12-13H,6-9H2,1H3,(H,15,16). The van der Waals surface area contributed by atoms with Gasteiger partial charge in [0.2, 0.25) is 0 Å². The van der Waals surface area contributed by atoms with Crippen LogP contribution in [-0.4, -0.2) is 37.5 Å². The zero-order chi connectivity index (χ0) is 14.8. The topological polar surface area (TPSA) is 80.7 Å². The third kappa shape index (κ3) is 3.80. The largest absolute Gasteiger partial charge is 0.479 e. The van der Waals surface area contributed by atoms with E-state index in [0.29, 0.717) is 12.8 Å². The van der Waals surface area contributed by atoms with Crippen molar-refractivity contribution in [1.29, 1.82) is 0 Å². The molecule has 2 atom stereocenters. The molecular weight excluding hydrogens is 280 g/mol. The second kappa shape index (κ2) is 5.93. The summed E-state index contributed by atoms with van der Waals surface area (Å²) in [7, 11) is -3.31. The van der Waals surface area contributed by atoms with E-state index < -0.39 is 28.0 Å². The number of carboxylic acid groups (broad SMARTS) is 1. The Kier molecular flexibility index (Phi) is 4.45. The van der Waals surface area contributed by atoms with Gasteiger partial charge in [-0.2, -0.15) is 0 Å². The normalized spacial score (nSPS) is 22.9. The SMILES string of the molecule is Cc1ccccc1CS(=O)(=O)CC1CCC(C(=O)O)O1. The number of sulfone groups is 1. The van der Waals surface area contributed by atoms with Gasteiger partial charge in [-0.3, -0.25) is 0 Å². The van der Waals surface area contributed by atoms with Crippen LogP contribution in [-0.2, 0) is 25.1 Å². The van der Waals surface area contributed by atoms with Crippen LogP contribution < -0.4 is 0 Å². The van der Waals surface area contributed by atoms with E-state index in [1.165, 1.54) is 0 Å². The lowest BCUT2D eigenvalue weighted by molar-refractivity contribution is -0.148. The van der Waals surface area contributed by atoms with Crippen LogP contribution in [0, 0.1) is 6.92 Å². The van der Waals surface area contributed by atoms with E-state index >= 15 is 0 Å². The first kappa shape index (κ1) is 15.0. The highest BCUT2D eigenvalue weighted by Crippen LogP contribution is 2.22. The number of carboxylic acids is 1. The molecule has 0 radical (unpaired) electrons. The summed E-state index contributed by atoms with van der Waals surface area (Å²) in [6.45, 7) is 1.87. The summed E-state index contributed by atoms with van der Waals surface area (Å²) < 4.78 is 29.6. The number of rotatable bonds is 5. The molecule has 1 N–H and O–H groups in total. The van der Waals surface area contributed by atoms with Crippen molar-refractivity contribution in [2.45, 2.75) is 37.7 Å². The fraction of sp³-hybridized carbons (Fsp3) is 0.500. The summed E-state index contributed by atoms with van der Waals surface area (Å²) in [4.78, 5) is 10.8. The molecule has 0 aliphatic carbocycles. The molecule has 5 nitrogen and oxygen atoms in total. The second-order valence-corrected chi connectivity index (χ2v) is 7.25. The number of aryl methyl sites for hydroxylation is 1. The van der Waals surface area contributed by atoms with E-state index in [1.807, 2.05) is 25.1 Å². The smallest absolute Gasteiger partial charge is 0.332 e. The molecule has 0 amide bonds. The van der Waals surface area contributed by atoms with Crippen molar-refractivity contribution < 1.29 is 23.1 Å². The fourth-order valence-electron chi connectivity index (χ4n) is 2.36. The lowest BCUT2D eigenvalue weighted by Crippen LogP contribution is -2.25. The zero-order valence-corrected chi connectivity index (χ0v) is 12.1. The summed E-state index contributed by atoms with van der Waals surface area (Å²) in [5, 5.41) is 8.83. The molecular formula is C14H18O5S. The first-order valence-electron chi connectivity index (χ1n) is 6.50. The molecule has 6 heteroatoms. The Balaban J connectivity index is 1.99. The van der Waals surface area contributed by atoms with Crippen LogP contribution in [0.1, 0.15) is 24.0 Å². The number of benzene rings is 1. The Labute approximate surface area is 118 Å². The lowest BCUT2D eigenvalue weighted by Gasteiger charge is -2.12. The van der Waals surface area contributed by atoms with Gasteiger partial charge in [0.1, 0.15) is 0 Å². The Morgan fingerprint density at radius 2 is 2.05 bits per heavy atom. The number of aliphatic carboxylic acids is 1. The Bertz CT molecular complexity index is 593. The molecule has 2 rings (SSSR count). The van der Waals surface area contributed by atoms with Gasteiger partial charge < -0.3 is 9.84 Å². The number of hydrogen-bond acceptors (Lipinski definition) is 4. The molecule has 1 aromatic carbocycles. The van der Waals surface area contributed by atoms with Gasteiger partial charge in [0.05, 0.1) is 17.6 Å².